The summed E-state index contributed by atoms with van der Waals surface area (Å²) in [7, 11) is 1.54. The lowest BCUT2D eigenvalue weighted by molar-refractivity contribution is 0.0536. The first-order chi connectivity index (χ1) is 12.2. The summed E-state index contributed by atoms with van der Waals surface area (Å²) in [5, 5.41) is 2.96. The van der Waals surface area contributed by atoms with Crippen molar-refractivity contribution in [3.63, 3.8) is 0 Å². The van der Waals surface area contributed by atoms with E-state index >= 15 is 0 Å². The fraction of sp³-hybridized carbons (Fsp3) is 0.350. The highest BCUT2D eigenvalue weighted by Crippen LogP contribution is 2.31. The first kappa shape index (κ1) is 17.4. The van der Waals surface area contributed by atoms with Gasteiger partial charge in [-0.3, -0.25) is 4.79 Å². The topological polar surface area (TPSA) is 47.6 Å². The largest absolute Gasteiger partial charge is 0.496 e. The van der Waals surface area contributed by atoms with Crippen molar-refractivity contribution in [1.82, 2.24) is 5.32 Å². The summed E-state index contributed by atoms with van der Waals surface area (Å²) >= 11 is 0. The maximum Gasteiger partial charge on any atom is 0.251 e. The molecule has 1 saturated heterocycles. The quantitative estimate of drug-likeness (QED) is 0.901. The summed E-state index contributed by atoms with van der Waals surface area (Å²) in [6.45, 7) is 2.11. The lowest BCUT2D eigenvalue weighted by Gasteiger charge is -2.22. The van der Waals surface area contributed by atoms with Gasteiger partial charge in [0.15, 0.2) is 0 Å². The van der Waals surface area contributed by atoms with Gasteiger partial charge >= 0.3 is 0 Å². The Morgan fingerprint density at radius 1 is 1.32 bits per heavy atom. The van der Waals surface area contributed by atoms with Crippen molar-refractivity contribution in [2.75, 3.05) is 26.9 Å². The monoisotopic (exact) mass is 343 g/mol. The molecule has 5 heteroatoms. The molecule has 0 saturated carbocycles. The van der Waals surface area contributed by atoms with Gasteiger partial charge in [0.2, 0.25) is 0 Å². The standard InChI is InChI=1S/C20H22FNO3/c1-24-19-8-7-17(21)11-18(19)15-5-2-6-16(10-15)20(23)22-12-14-4-3-9-25-13-14/h2,5-8,10-11,14H,3-4,9,12-13H2,1H3,(H,22,23)/t14-/m0/s1. The molecule has 0 radical (unpaired) electrons. The second kappa shape index (κ2) is 8.12. The van der Waals surface area contributed by atoms with Gasteiger partial charge in [-0.2, -0.15) is 0 Å². The van der Waals surface area contributed by atoms with Crippen LogP contribution in [-0.4, -0.2) is 32.8 Å². The van der Waals surface area contributed by atoms with Gasteiger partial charge in [0.05, 0.1) is 13.7 Å². The molecule has 0 bridgehead atoms. The molecule has 132 valence electrons. The number of benzene rings is 2. The number of nitrogens with one attached hydrogen (secondary N) is 1. The van der Waals surface area contributed by atoms with E-state index in [0.717, 1.165) is 25.0 Å². The van der Waals surface area contributed by atoms with Crippen LogP contribution in [-0.2, 0) is 4.74 Å². The Morgan fingerprint density at radius 2 is 2.20 bits per heavy atom. The fourth-order valence-corrected chi connectivity index (χ4v) is 3.04. The molecule has 2 aromatic carbocycles. The molecule has 1 heterocycles. The van der Waals surface area contributed by atoms with Gasteiger partial charge in [-0.05, 0) is 54.7 Å². The highest BCUT2D eigenvalue weighted by Gasteiger charge is 2.16. The Balaban J connectivity index is 1.74. The van der Waals surface area contributed by atoms with Crippen molar-refractivity contribution >= 4 is 5.91 Å². The van der Waals surface area contributed by atoms with E-state index in [1.165, 1.54) is 12.1 Å². The summed E-state index contributed by atoms with van der Waals surface area (Å²) in [6, 6.07) is 11.5. The first-order valence-electron chi connectivity index (χ1n) is 8.47. The van der Waals surface area contributed by atoms with Gasteiger partial charge < -0.3 is 14.8 Å². The number of carbonyl (C=O) groups is 1. The average molecular weight is 343 g/mol. The predicted octanol–water partition coefficient (Wildman–Crippen LogP) is 3.66. The van der Waals surface area contributed by atoms with Gasteiger partial charge in [-0.25, -0.2) is 4.39 Å². The smallest absolute Gasteiger partial charge is 0.251 e. The highest BCUT2D eigenvalue weighted by molar-refractivity contribution is 5.95. The van der Waals surface area contributed by atoms with E-state index in [4.69, 9.17) is 9.47 Å². The van der Waals surface area contributed by atoms with Crippen LogP contribution in [0.25, 0.3) is 11.1 Å². The maximum absolute atomic E-state index is 13.6. The summed E-state index contributed by atoms with van der Waals surface area (Å²) in [4.78, 5) is 12.4. The molecule has 0 spiro atoms. The number of amides is 1. The maximum atomic E-state index is 13.6. The number of hydrogen-bond acceptors (Lipinski definition) is 3. The van der Waals surface area contributed by atoms with Crippen molar-refractivity contribution in [3.05, 3.63) is 53.8 Å². The van der Waals surface area contributed by atoms with Crippen LogP contribution in [0.4, 0.5) is 4.39 Å². The minimum atomic E-state index is -0.344. The van der Waals surface area contributed by atoms with E-state index < -0.39 is 0 Å². The van der Waals surface area contributed by atoms with Gasteiger partial charge in [-0.1, -0.05) is 12.1 Å². The molecule has 1 atom stereocenters. The van der Waals surface area contributed by atoms with Crippen LogP contribution >= 0.6 is 0 Å². The van der Waals surface area contributed by atoms with E-state index in [9.17, 15) is 9.18 Å². The second-order valence-electron chi connectivity index (χ2n) is 6.22. The van der Waals surface area contributed by atoms with Crippen molar-refractivity contribution < 1.29 is 18.7 Å². The molecule has 1 aliphatic heterocycles. The third-order valence-corrected chi connectivity index (χ3v) is 4.40. The molecular formula is C20H22FNO3. The molecule has 3 rings (SSSR count). The molecule has 4 nitrogen and oxygen atoms in total. The van der Waals surface area contributed by atoms with Crippen LogP contribution in [0.2, 0.25) is 0 Å². The summed E-state index contributed by atoms with van der Waals surface area (Å²) in [5.41, 5.74) is 1.91. The minimum absolute atomic E-state index is 0.136. The number of halogens is 1. The SMILES string of the molecule is COc1ccc(F)cc1-c1cccc(C(=O)NC[C@@H]2CCCOC2)c1. The normalized spacial score (nSPS) is 17.1. The summed E-state index contributed by atoms with van der Waals surface area (Å²) < 4.78 is 24.3. The van der Waals surface area contributed by atoms with E-state index in [0.29, 0.717) is 35.9 Å². The van der Waals surface area contributed by atoms with Crippen molar-refractivity contribution in [2.24, 2.45) is 5.92 Å². The number of hydrogen-bond donors (Lipinski definition) is 1. The van der Waals surface area contributed by atoms with Crippen LogP contribution in [0.3, 0.4) is 0 Å². The Bertz CT molecular complexity index is 741. The Morgan fingerprint density at radius 3 is 2.96 bits per heavy atom. The molecule has 1 amide bonds. The van der Waals surface area contributed by atoms with E-state index in [2.05, 4.69) is 5.32 Å². The van der Waals surface area contributed by atoms with Gasteiger partial charge in [-0.15, -0.1) is 0 Å². The molecule has 1 N–H and O–H groups in total. The lowest BCUT2D eigenvalue weighted by Crippen LogP contribution is -2.33. The Kier molecular flexibility index (Phi) is 5.66. The molecule has 1 aliphatic rings. The lowest BCUT2D eigenvalue weighted by atomic mass is 10.0. The van der Waals surface area contributed by atoms with Gasteiger partial charge in [0.1, 0.15) is 11.6 Å². The summed E-state index contributed by atoms with van der Waals surface area (Å²) in [6.07, 6.45) is 2.11. The van der Waals surface area contributed by atoms with Crippen molar-refractivity contribution in [2.45, 2.75) is 12.8 Å². The van der Waals surface area contributed by atoms with Crippen LogP contribution in [0, 0.1) is 11.7 Å². The predicted molar refractivity (Wildman–Crippen MR) is 94.3 cm³/mol. The van der Waals surface area contributed by atoms with Crippen molar-refractivity contribution in [3.8, 4) is 16.9 Å². The first-order valence-corrected chi connectivity index (χ1v) is 8.47. The van der Waals surface area contributed by atoms with Crippen LogP contribution in [0.5, 0.6) is 5.75 Å². The molecular weight excluding hydrogens is 321 g/mol. The zero-order valence-corrected chi connectivity index (χ0v) is 14.3. The Hall–Kier alpha value is -2.40. The summed E-state index contributed by atoms with van der Waals surface area (Å²) in [5.74, 6) is 0.452. The molecule has 1 fully saturated rings. The molecule has 0 aromatic heterocycles. The fourth-order valence-electron chi connectivity index (χ4n) is 3.04. The molecule has 0 unspecified atom stereocenters. The number of ether oxygens (including phenoxy) is 2. The Labute approximate surface area is 147 Å². The van der Waals surface area contributed by atoms with E-state index in [-0.39, 0.29) is 11.7 Å². The number of methoxy groups -OCH3 is 1. The van der Waals surface area contributed by atoms with E-state index in [1.807, 2.05) is 6.07 Å². The average Bonchev–Trinajstić information content (AvgIpc) is 2.67. The van der Waals surface area contributed by atoms with Crippen molar-refractivity contribution in [1.29, 1.82) is 0 Å². The van der Waals surface area contributed by atoms with Gasteiger partial charge in [0, 0.05) is 24.3 Å². The van der Waals surface area contributed by atoms with E-state index in [1.54, 1.807) is 31.4 Å². The van der Waals surface area contributed by atoms with Gasteiger partial charge in [0.25, 0.3) is 5.91 Å². The third kappa shape index (κ3) is 4.37. The zero-order valence-electron chi connectivity index (χ0n) is 14.3. The minimum Gasteiger partial charge on any atom is -0.496 e. The van der Waals surface area contributed by atoms with Crippen LogP contribution < -0.4 is 10.1 Å². The third-order valence-electron chi connectivity index (χ3n) is 4.40. The number of carbonyl (C=O) groups excluding carboxylic acids is 1. The second-order valence-corrected chi connectivity index (χ2v) is 6.22. The number of rotatable bonds is 5. The molecule has 0 aliphatic carbocycles. The van der Waals surface area contributed by atoms with Crippen LogP contribution in [0.15, 0.2) is 42.5 Å². The zero-order chi connectivity index (χ0) is 17.6. The molecule has 2 aromatic rings. The molecule has 25 heavy (non-hydrogen) atoms. The highest BCUT2D eigenvalue weighted by atomic mass is 19.1. The van der Waals surface area contributed by atoms with Crippen LogP contribution in [0.1, 0.15) is 23.2 Å².